The van der Waals surface area contributed by atoms with Gasteiger partial charge in [0.1, 0.15) is 0 Å². The van der Waals surface area contributed by atoms with Crippen molar-refractivity contribution in [3.63, 3.8) is 0 Å². The average Bonchev–Trinajstić information content (AvgIpc) is 2.08. The first-order chi connectivity index (χ1) is 6.56. The average molecular weight is 253 g/mol. The van der Waals surface area contributed by atoms with E-state index in [4.69, 9.17) is 14.4 Å². The Balaban J connectivity index is -0.000000845. The lowest BCUT2D eigenvalue weighted by Gasteiger charge is -2.08. The number of hydrogen-bond acceptors (Lipinski definition) is 4. The lowest BCUT2D eigenvalue weighted by molar-refractivity contribution is 0.226. The van der Waals surface area contributed by atoms with Gasteiger partial charge >= 0.3 is 8.80 Å². The Hall–Kier alpha value is 0.0569. The van der Waals surface area contributed by atoms with Gasteiger partial charge in [-0.1, -0.05) is 34.6 Å². The highest BCUT2D eigenvalue weighted by Crippen LogP contribution is 2.07. The van der Waals surface area contributed by atoms with E-state index in [1.54, 1.807) is 0 Å². The first kappa shape index (κ1) is 21.4. The van der Waals surface area contributed by atoms with Gasteiger partial charge in [0.2, 0.25) is 0 Å². The van der Waals surface area contributed by atoms with Crippen LogP contribution in [0.5, 0.6) is 0 Å². The minimum atomic E-state index is -3.75. The molecule has 0 saturated carbocycles. The van der Waals surface area contributed by atoms with Crippen molar-refractivity contribution in [1.29, 1.82) is 0 Å². The third-order valence-corrected chi connectivity index (χ3v) is 3.07. The molecule has 0 saturated heterocycles. The molecule has 4 N–H and O–H groups in total. The maximum absolute atomic E-state index is 8.73. The zero-order valence-electron chi connectivity index (χ0n) is 9.00. The minimum absolute atomic E-state index is 0. The van der Waals surface area contributed by atoms with E-state index in [1.807, 2.05) is 0 Å². The van der Waals surface area contributed by atoms with E-state index in [0.717, 1.165) is 38.8 Å². The maximum atomic E-state index is 8.73. The van der Waals surface area contributed by atoms with Gasteiger partial charge in [0, 0.05) is 6.04 Å². The van der Waals surface area contributed by atoms with E-state index in [9.17, 15) is 0 Å². The van der Waals surface area contributed by atoms with Gasteiger partial charge in [0.25, 0.3) is 0 Å². The van der Waals surface area contributed by atoms with Gasteiger partial charge in [-0.3, -0.25) is 0 Å². The first-order valence-electron chi connectivity index (χ1n) is 5.44. The Bertz CT molecular complexity index is 129. The van der Waals surface area contributed by atoms with E-state index in [2.05, 4.69) is 12.2 Å². The Morgan fingerprint density at radius 2 is 1.44 bits per heavy atom. The SMILES string of the molecule is C.C.CCCNCCCCCC[Si](O)(O)O. The monoisotopic (exact) mass is 253 g/mol. The largest absolute Gasteiger partial charge is 0.492 e. The molecule has 0 spiro atoms. The zero-order valence-corrected chi connectivity index (χ0v) is 10.00. The van der Waals surface area contributed by atoms with Crippen LogP contribution < -0.4 is 5.32 Å². The van der Waals surface area contributed by atoms with Gasteiger partial charge in [-0.05, 0) is 32.4 Å². The van der Waals surface area contributed by atoms with Crippen LogP contribution >= 0.6 is 0 Å². The van der Waals surface area contributed by atoms with E-state index in [-0.39, 0.29) is 20.9 Å². The molecule has 0 atom stereocenters. The minimum Gasteiger partial charge on any atom is -0.390 e. The van der Waals surface area contributed by atoms with Crippen molar-refractivity contribution in [1.82, 2.24) is 5.32 Å². The Morgan fingerprint density at radius 1 is 0.875 bits per heavy atom. The van der Waals surface area contributed by atoms with E-state index in [0.29, 0.717) is 6.42 Å². The summed E-state index contributed by atoms with van der Waals surface area (Å²) in [6, 6.07) is 0.176. The molecule has 0 aliphatic rings. The molecular weight excluding hydrogens is 222 g/mol. The van der Waals surface area contributed by atoms with Gasteiger partial charge < -0.3 is 19.7 Å². The molecule has 0 aliphatic carbocycles. The predicted molar refractivity (Wildman–Crippen MR) is 72.3 cm³/mol. The fraction of sp³-hybridized carbons (Fsp3) is 1.00. The fourth-order valence-electron chi connectivity index (χ4n) is 1.27. The van der Waals surface area contributed by atoms with Crippen molar-refractivity contribution in [2.75, 3.05) is 13.1 Å². The molecule has 0 unspecified atom stereocenters. The van der Waals surface area contributed by atoms with Gasteiger partial charge in [0.15, 0.2) is 0 Å². The van der Waals surface area contributed by atoms with Crippen LogP contribution in [0.4, 0.5) is 0 Å². The molecule has 4 nitrogen and oxygen atoms in total. The van der Waals surface area contributed by atoms with E-state index < -0.39 is 8.80 Å². The molecule has 0 heterocycles. The summed E-state index contributed by atoms with van der Waals surface area (Å²) in [4.78, 5) is 26.2. The number of unbranched alkanes of at least 4 members (excludes halogenated alkanes) is 3. The molecule has 0 rings (SSSR count). The van der Waals surface area contributed by atoms with Crippen molar-refractivity contribution in [3.05, 3.63) is 0 Å². The van der Waals surface area contributed by atoms with Crippen LogP contribution in [-0.4, -0.2) is 36.3 Å². The topological polar surface area (TPSA) is 72.7 Å². The fourth-order valence-corrected chi connectivity index (χ4v) is 1.99. The molecular formula is C11H31NO3Si. The second-order valence-corrected chi connectivity index (χ2v) is 5.74. The summed E-state index contributed by atoms with van der Waals surface area (Å²) in [6.45, 7) is 4.24. The van der Waals surface area contributed by atoms with Gasteiger partial charge in [-0.2, -0.15) is 0 Å². The molecule has 102 valence electrons. The predicted octanol–water partition coefficient (Wildman–Crippen LogP) is 1.73. The van der Waals surface area contributed by atoms with Crippen LogP contribution in [0.2, 0.25) is 6.04 Å². The van der Waals surface area contributed by atoms with Gasteiger partial charge in [0.05, 0.1) is 0 Å². The molecule has 0 aliphatic heterocycles. The first-order valence-corrected chi connectivity index (χ1v) is 7.49. The Labute approximate surface area is 102 Å². The smallest absolute Gasteiger partial charge is 0.390 e. The quantitative estimate of drug-likeness (QED) is 0.373. The molecule has 16 heavy (non-hydrogen) atoms. The standard InChI is InChI=1S/C9H23NO3Si.2CH4/c1-2-7-10-8-5-3-4-6-9-14(11,12)13;;/h10-13H,2-9H2,1H3;2*1H4. The van der Waals surface area contributed by atoms with Crippen molar-refractivity contribution in [2.24, 2.45) is 0 Å². The van der Waals surface area contributed by atoms with Gasteiger partial charge in [-0.15, -0.1) is 0 Å². The van der Waals surface area contributed by atoms with Crippen LogP contribution in [0.25, 0.3) is 0 Å². The highest BCUT2D eigenvalue weighted by molar-refractivity contribution is 6.56. The van der Waals surface area contributed by atoms with Crippen LogP contribution in [0, 0.1) is 0 Å². The van der Waals surface area contributed by atoms with E-state index in [1.165, 1.54) is 0 Å². The molecule has 0 aromatic rings. The zero-order chi connectivity index (χ0) is 10.9. The number of nitrogens with one attached hydrogen (secondary N) is 1. The summed E-state index contributed by atoms with van der Waals surface area (Å²) in [6.07, 6.45) is 5.04. The van der Waals surface area contributed by atoms with E-state index >= 15 is 0 Å². The molecule has 0 aromatic carbocycles. The highest BCUT2D eigenvalue weighted by Gasteiger charge is 2.25. The molecule has 0 aromatic heterocycles. The van der Waals surface area contributed by atoms with Gasteiger partial charge in [-0.25, -0.2) is 0 Å². The van der Waals surface area contributed by atoms with Crippen LogP contribution in [-0.2, 0) is 0 Å². The highest BCUT2D eigenvalue weighted by atomic mass is 28.4. The maximum Gasteiger partial charge on any atom is 0.492 e. The second-order valence-electron chi connectivity index (χ2n) is 3.69. The number of rotatable bonds is 9. The molecule has 0 amide bonds. The summed E-state index contributed by atoms with van der Waals surface area (Å²) in [5.74, 6) is 0. The van der Waals surface area contributed by atoms with Crippen molar-refractivity contribution < 1.29 is 14.4 Å². The molecule has 0 radical (unpaired) electrons. The van der Waals surface area contributed by atoms with Crippen LogP contribution in [0.1, 0.15) is 53.9 Å². The molecule has 0 fully saturated rings. The summed E-state index contributed by atoms with van der Waals surface area (Å²) in [7, 11) is -3.75. The summed E-state index contributed by atoms with van der Waals surface area (Å²) in [5.41, 5.74) is 0. The summed E-state index contributed by atoms with van der Waals surface area (Å²) in [5, 5.41) is 3.30. The van der Waals surface area contributed by atoms with Crippen LogP contribution in [0.3, 0.4) is 0 Å². The lowest BCUT2D eigenvalue weighted by Crippen LogP contribution is -2.33. The van der Waals surface area contributed by atoms with Crippen molar-refractivity contribution in [2.45, 2.75) is 59.9 Å². The van der Waals surface area contributed by atoms with Crippen molar-refractivity contribution in [3.8, 4) is 0 Å². The Morgan fingerprint density at radius 3 is 1.94 bits per heavy atom. The summed E-state index contributed by atoms with van der Waals surface area (Å²) >= 11 is 0. The normalized spacial score (nSPS) is 10.5. The molecule has 0 bridgehead atoms. The Kier molecular flexibility index (Phi) is 17.5. The third kappa shape index (κ3) is 19.6. The summed E-state index contributed by atoms with van der Waals surface area (Å²) < 4.78 is 0. The number of hydrogen-bond donors (Lipinski definition) is 4. The molecule has 5 heteroatoms. The van der Waals surface area contributed by atoms with Crippen molar-refractivity contribution >= 4 is 8.80 Å². The van der Waals surface area contributed by atoms with Crippen LogP contribution in [0.15, 0.2) is 0 Å². The third-order valence-electron chi connectivity index (χ3n) is 2.04. The second kappa shape index (κ2) is 13.1. The lowest BCUT2D eigenvalue weighted by atomic mass is 10.2.